The molecule has 0 aliphatic heterocycles. The molecular weight excluding hydrogens is 837 g/mol. The molecular formula is C63H118O5. The van der Waals surface area contributed by atoms with Crippen molar-refractivity contribution >= 4 is 11.9 Å². The Morgan fingerprint density at radius 2 is 0.662 bits per heavy atom. The predicted octanol–water partition coefficient (Wildman–Crippen LogP) is 20.9. The fourth-order valence-electron chi connectivity index (χ4n) is 9.18. The van der Waals surface area contributed by atoms with Crippen LogP contribution in [0.2, 0.25) is 0 Å². The number of ether oxygens (including phenoxy) is 3. The van der Waals surface area contributed by atoms with Crippen LogP contribution in [0.3, 0.4) is 0 Å². The summed E-state index contributed by atoms with van der Waals surface area (Å²) in [7, 11) is 0. The number of unbranched alkanes of at least 4 members (excludes halogenated alkanes) is 40. The molecule has 68 heavy (non-hydrogen) atoms. The van der Waals surface area contributed by atoms with Crippen molar-refractivity contribution in [3.8, 4) is 0 Å². The molecule has 0 aliphatic rings. The first kappa shape index (κ1) is 66.1. The fourth-order valence-corrected chi connectivity index (χ4v) is 9.18. The minimum atomic E-state index is -0.535. The maximum Gasteiger partial charge on any atom is 0.306 e. The third-order valence-corrected chi connectivity index (χ3v) is 13.7. The van der Waals surface area contributed by atoms with Crippen molar-refractivity contribution in [2.45, 2.75) is 335 Å². The second-order valence-corrected chi connectivity index (χ2v) is 20.6. The number of hydrogen-bond acceptors (Lipinski definition) is 5. The molecule has 0 saturated heterocycles. The van der Waals surface area contributed by atoms with Crippen molar-refractivity contribution in [3.05, 3.63) is 36.5 Å². The van der Waals surface area contributed by atoms with Crippen LogP contribution in [-0.4, -0.2) is 37.9 Å². The van der Waals surface area contributed by atoms with Crippen LogP contribution in [0.5, 0.6) is 0 Å². The average Bonchev–Trinajstić information content (AvgIpc) is 3.34. The number of carbonyl (C=O) groups excluding carboxylic acids is 2. The summed E-state index contributed by atoms with van der Waals surface area (Å²) in [5, 5.41) is 0. The molecule has 1 atom stereocenters. The van der Waals surface area contributed by atoms with Gasteiger partial charge in [0.25, 0.3) is 0 Å². The van der Waals surface area contributed by atoms with Crippen molar-refractivity contribution in [3.63, 3.8) is 0 Å². The minimum Gasteiger partial charge on any atom is -0.462 e. The van der Waals surface area contributed by atoms with Crippen molar-refractivity contribution in [1.29, 1.82) is 0 Å². The van der Waals surface area contributed by atoms with E-state index >= 15 is 0 Å². The van der Waals surface area contributed by atoms with Crippen LogP contribution >= 0.6 is 0 Å². The van der Waals surface area contributed by atoms with E-state index in [0.29, 0.717) is 19.4 Å². The quantitative estimate of drug-likeness (QED) is 0.0345. The van der Waals surface area contributed by atoms with E-state index in [-0.39, 0.29) is 25.2 Å². The van der Waals surface area contributed by atoms with Gasteiger partial charge in [-0.15, -0.1) is 0 Å². The van der Waals surface area contributed by atoms with Gasteiger partial charge in [-0.2, -0.15) is 0 Å². The monoisotopic (exact) mass is 955 g/mol. The molecule has 0 amide bonds. The van der Waals surface area contributed by atoms with Crippen molar-refractivity contribution in [2.75, 3.05) is 19.8 Å². The summed E-state index contributed by atoms with van der Waals surface area (Å²) in [5.74, 6) is -0.376. The maximum absolute atomic E-state index is 12.9. The van der Waals surface area contributed by atoms with Crippen molar-refractivity contribution < 1.29 is 23.8 Å². The Labute approximate surface area is 425 Å². The van der Waals surface area contributed by atoms with Gasteiger partial charge in [0.15, 0.2) is 6.10 Å². The molecule has 0 aromatic carbocycles. The normalized spacial score (nSPS) is 12.3. The Bertz CT molecular complexity index is 1080. The smallest absolute Gasteiger partial charge is 0.306 e. The summed E-state index contributed by atoms with van der Waals surface area (Å²) in [6.07, 6.45) is 73.2. The topological polar surface area (TPSA) is 61.8 Å². The van der Waals surface area contributed by atoms with Crippen LogP contribution in [0.4, 0.5) is 0 Å². The summed E-state index contributed by atoms with van der Waals surface area (Å²) >= 11 is 0. The van der Waals surface area contributed by atoms with E-state index in [1.807, 2.05) is 0 Å². The van der Waals surface area contributed by atoms with Gasteiger partial charge in [-0.05, 0) is 51.4 Å². The van der Waals surface area contributed by atoms with Crippen LogP contribution in [0.1, 0.15) is 329 Å². The van der Waals surface area contributed by atoms with Crippen LogP contribution in [0.25, 0.3) is 0 Å². The van der Waals surface area contributed by atoms with Gasteiger partial charge >= 0.3 is 11.9 Å². The SMILES string of the molecule is CC/C=C\C/C=C\C/C=C\CCCCCCCCCCOCC(COC(=O)CCCCCCCCCCCCCCCCCCC)OC(=O)CCCCCCCCCCCCCCCCCCC. The summed E-state index contributed by atoms with van der Waals surface area (Å²) < 4.78 is 17.5. The third kappa shape index (κ3) is 56.7. The molecule has 0 rings (SSSR count). The standard InChI is InChI=1S/C63H118O5/c1-4-7-10-13-16-19-22-25-28-31-34-37-40-43-46-49-52-55-58-66-59-61(68-63(65)57-54-51-48-45-42-39-36-33-30-27-24-21-18-15-12-9-6-3)60-67-62(64)56-53-50-47-44-41-38-35-32-29-26-23-20-17-14-11-8-5-2/h7,10,16,19,25,28,61H,4-6,8-9,11-15,17-18,20-24,26-27,29-60H2,1-3H3/b10-7-,19-16-,28-25-. The van der Waals surface area contributed by atoms with E-state index in [9.17, 15) is 9.59 Å². The molecule has 0 fully saturated rings. The Kier molecular flexibility index (Phi) is 57.8. The molecule has 0 spiro atoms. The second kappa shape index (κ2) is 59.4. The number of esters is 2. The second-order valence-electron chi connectivity index (χ2n) is 20.6. The highest BCUT2D eigenvalue weighted by atomic mass is 16.6. The van der Waals surface area contributed by atoms with Gasteiger partial charge in [-0.1, -0.05) is 301 Å². The van der Waals surface area contributed by atoms with Crippen molar-refractivity contribution in [1.82, 2.24) is 0 Å². The van der Waals surface area contributed by atoms with E-state index in [1.54, 1.807) is 0 Å². The molecule has 400 valence electrons. The largest absolute Gasteiger partial charge is 0.462 e. The lowest BCUT2D eigenvalue weighted by Crippen LogP contribution is -2.30. The lowest BCUT2D eigenvalue weighted by atomic mass is 10.0. The molecule has 0 aromatic heterocycles. The van der Waals surface area contributed by atoms with Crippen LogP contribution < -0.4 is 0 Å². The number of allylic oxidation sites excluding steroid dienone is 6. The molecule has 0 radical (unpaired) electrons. The van der Waals surface area contributed by atoms with Crippen LogP contribution in [-0.2, 0) is 23.8 Å². The zero-order chi connectivity index (χ0) is 49.2. The summed E-state index contributed by atoms with van der Waals surface area (Å²) in [5.41, 5.74) is 0. The van der Waals surface area contributed by atoms with Gasteiger partial charge < -0.3 is 14.2 Å². The molecule has 0 heterocycles. The van der Waals surface area contributed by atoms with Crippen LogP contribution in [0, 0.1) is 0 Å². The first-order chi connectivity index (χ1) is 33.6. The highest BCUT2D eigenvalue weighted by Crippen LogP contribution is 2.17. The van der Waals surface area contributed by atoms with Gasteiger partial charge in [0, 0.05) is 19.4 Å². The van der Waals surface area contributed by atoms with Gasteiger partial charge in [0.1, 0.15) is 6.61 Å². The van der Waals surface area contributed by atoms with E-state index in [1.165, 1.54) is 238 Å². The molecule has 1 unspecified atom stereocenters. The summed E-state index contributed by atoms with van der Waals surface area (Å²) in [4.78, 5) is 25.6. The Morgan fingerprint density at radius 3 is 1.06 bits per heavy atom. The van der Waals surface area contributed by atoms with E-state index in [4.69, 9.17) is 14.2 Å². The minimum absolute atomic E-state index is 0.0896. The lowest BCUT2D eigenvalue weighted by Gasteiger charge is -2.18. The van der Waals surface area contributed by atoms with Gasteiger partial charge in [-0.3, -0.25) is 9.59 Å². The lowest BCUT2D eigenvalue weighted by molar-refractivity contribution is -0.163. The molecule has 0 aliphatic carbocycles. The number of carbonyl (C=O) groups is 2. The van der Waals surface area contributed by atoms with Gasteiger partial charge in [0.2, 0.25) is 0 Å². The third-order valence-electron chi connectivity index (χ3n) is 13.7. The zero-order valence-electron chi connectivity index (χ0n) is 46.1. The predicted molar refractivity (Wildman–Crippen MR) is 298 cm³/mol. The zero-order valence-corrected chi connectivity index (χ0v) is 46.1. The average molecular weight is 956 g/mol. The molecule has 0 bridgehead atoms. The maximum atomic E-state index is 12.9. The van der Waals surface area contributed by atoms with E-state index < -0.39 is 6.10 Å². The highest BCUT2D eigenvalue weighted by Gasteiger charge is 2.18. The van der Waals surface area contributed by atoms with Crippen LogP contribution in [0.15, 0.2) is 36.5 Å². The molecule has 0 N–H and O–H groups in total. The van der Waals surface area contributed by atoms with Gasteiger partial charge in [0.05, 0.1) is 6.61 Å². The number of rotatable bonds is 57. The van der Waals surface area contributed by atoms with E-state index in [0.717, 1.165) is 57.8 Å². The molecule has 5 heteroatoms. The first-order valence-electron chi connectivity index (χ1n) is 30.5. The summed E-state index contributed by atoms with van der Waals surface area (Å²) in [6, 6.07) is 0. The Morgan fingerprint density at radius 1 is 0.338 bits per heavy atom. The Balaban J connectivity index is 4.23. The van der Waals surface area contributed by atoms with Crippen molar-refractivity contribution in [2.24, 2.45) is 0 Å². The molecule has 0 aromatic rings. The van der Waals surface area contributed by atoms with Gasteiger partial charge in [-0.25, -0.2) is 0 Å². The van der Waals surface area contributed by atoms with E-state index in [2.05, 4.69) is 57.2 Å². The summed E-state index contributed by atoms with van der Waals surface area (Å²) in [6.45, 7) is 7.78. The molecule has 5 nitrogen and oxygen atoms in total. The molecule has 0 saturated carbocycles. The number of hydrogen-bond donors (Lipinski definition) is 0. The highest BCUT2D eigenvalue weighted by molar-refractivity contribution is 5.70. The Hall–Kier alpha value is -1.88. The first-order valence-corrected chi connectivity index (χ1v) is 30.5. The fraction of sp³-hybridized carbons (Fsp3) is 0.873.